The van der Waals surface area contributed by atoms with E-state index in [1.54, 1.807) is 24.1 Å². The lowest BCUT2D eigenvalue weighted by atomic mass is 9.99. The second-order valence-corrected chi connectivity index (χ2v) is 6.63. The number of pyridine rings is 1. The van der Waals surface area contributed by atoms with Gasteiger partial charge in [-0.15, -0.1) is 0 Å². The number of amides is 1. The van der Waals surface area contributed by atoms with Gasteiger partial charge in [-0.05, 0) is 46.5 Å². The summed E-state index contributed by atoms with van der Waals surface area (Å²) in [6.07, 6.45) is 2.98. The number of nitrogens with zero attached hydrogens (tertiary/aromatic N) is 2. The molecule has 0 saturated carbocycles. The minimum absolute atomic E-state index is 0.180. The van der Waals surface area contributed by atoms with Crippen molar-refractivity contribution in [2.24, 2.45) is 0 Å². The largest absolute Gasteiger partial charge is 0.449 e. The van der Waals surface area contributed by atoms with Crippen molar-refractivity contribution >= 4 is 27.8 Å². The number of halogens is 1. The van der Waals surface area contributed by atoms with Crippen LogP contribution in [0.4, 0.5) is 0 Å². The fourth-order valence-corrected chi connectivity index (χ4v) is 3.11. The van der Waals surface area contributed by atoms with Crippen LogP contribution in [0.2, 0.25) is 0 Å². The fourth-order valence-electron chi connectivity index (χ4n) is 2.74. The van der Waals surface area contributed by atoms with Crippen LogP contribution in [0.3, 0.4) is 0 Å². The molecule has 5 nitrogen and oxygen atoms in total. The zero-order chi connectivity index (χ0) is 17.1. The molecule has 1 amide bonds. The SMILES string of the molecule is CC(OC(=O)c1cncc(Br)c1)C(=O)N1CCc2ccccc2C1. The first-order valence-corrected chi connectivity index (χ1v) is 8.51. The Balaban J connectivity index is 1.64. The minimum atomic E-state index is -0.832. The Morgan fingerprint density at radius 2 is 2.00 bits per heavy atom. The average Bonchev–Trinajstić information content (AvgIpc) is 2.60. The van der Waals surface area contributed by atoms with Gasteiger partial charge in [-0.1, -0.05) is 24.3 Å². The Morgan fingerprint density at radius 1 is 1.25 bits per heavy atom. The van der Waals surface area contributed by atoms with Gasteiger partial charge in [-0.2, -0.15) is 0 Å². The van der Waals surface area contributed by atoms with E-state index in [0.717, 1.165) is 12.0 Å². The summed E-state index contributed by atoms with van der Waals surface area (Å²) in [6, 6.07) is 9.70. The van der Waals surface area contributed by atoms with Crippen LogP contribution in [-0.2, 0) is 22.5 Å². The highest BCUT2D eigenvalue weighted by Gasteiger charge is 2.27. The van der Waals surface area contributed by atoms with E-state index < -0.39 is 12.1 Å². The van der Waals surface area contributed by atoms with Gasteiger partial charge < -0.3 is 9.64 Å². The van der Waals surface area contributed by atoms with Crippen molar-refractivity contribution in [3.8, 4) is 0 Å². The predicted molar refractivity (Wildman–Crippen MR) is 92.4 cm³/mol. The molecular formula is C18H17BrN2O3. The standard InChI is InChI=1S/C18H17BrN2O3/c1-12(24-18(23)15-8-16(19)10-20-9-15)17(22)21-7-6-13-4-2-3-5-14(13)11-21/h2-5,8-10,12H,6-7,11H2,1H3. The van der Waals surface area contributed by atoms with Crippen molar-refractivity contribution in [2.75, 3.05) is 6.54 Å². The molecule has 0 radical (unpaired) electrons. The number of hydrogen-bond acceptors (Lipinski definition) is 4. The summed E-state index contributed by atoms with van der Waals surface area (Å²) in [6.45, 7) is 2.79. The molecule has 0 saturated heterocycles. The molecule has 0 N–H and O–H groups in total. The fraction of sp³-hybridized carbons (Fsp3) is 0.278. The van der Waals surface area contributed by atoms with Gasteiger partial charge in [-0.3, -0.25) is 9.78 Å². The summed E-state index contributed by atoms with van der Waals surface area (Å²) in [5, 5.41) is 0. The molecule has 0 fully saturated rings. The van der Waals surface area contributed by atoms with Crippen LogP contribution in [0.15, 0.2) is 47.2 Å². The van der Waals surface area contributed by atoms with Crippen LogP contribution in [0.25, 0.3) is 0 Å². The molecule has 1 aliphatic rings. The molecule has 1 unspecified atom stereocenters. The van der Waals surface area contributed by atoms with Crippen LogP contribution in [0, 0.1) is 0 Å². The third-order valence-corrected chi connectivity index (χ3v) is 4.45. The van der Waals surface area contributed by atoms with Gasteiger partial charge >= 0.3 is 5.97 Å². The summed E-state index contributed by atoms with van der Waals surface area (Å²) in [7, 11) is 0. The maximum Gasteiger partial charge on any atom is 0.340 e. The van der Waals surface area contributed by atoms with Crippen molar-refractivity contribution in [2.45, 2.75) is 26.0 Å². The predicted octanol–water partition coefficient (Wildman–Crippen LogP) is 2.97. The first-order chi connectivity index (χ1) is 11.5. The lowest BCUT2D eigenvalue weighted by molar-refractivity contribution is -0.140. The monoisotopic (exact) mass is 388 g/mol. The molecule has 2 heterocycles. The number of rotatable bonds is 3. The number of aromatic nitrogens is 1. The zero-order valence-corrected chi connectivity index (χ0v) is 14.8. The average molecular weight is 389 g/mol. The van der Waals surface area contributed by atoms with Crippen molar-refractivity contribution in [3.05, 3.63) is 63.9 Å². The molecule has 0 spiro atoms. The van der Waals surface area contributed by atoms with Crippen LogP contribution in [0.1, 0.15) is 28.4 Å². The van der Waals surface area contributed by atoms with E-state index in [0.29, 0.717) is 23.1 Å². The zero-order valence-electron chi connectivity index (χ0n) is 13.2. The Kier molecular flexibility index (Phi) is 4.94. The molecule has 1 aromatic heterocycles. The highest BCUT2D eigenvalue weighted by Crippen LogP contribution is 2.20. The van der Waals surface area contributed by atoms with E-state index in [1.165, 1.54) is 11.8 Å². The maximum atomic E-state index is 12.6. The van der Waals surface area contributed by atoms with Crippen LogP contribution < -0.4 is 0 Å². The molecule has 124 valence electrons. The molecular weight excluding hydrogens is 372 g/mol. The number of fused-ring (bicyclic) bond motifs is 1. The highest BCUT2D eigenvalue weighted by molar-refractivity contribution is 9.10. The molecule has 0 aliphatic carbocycles. The van der Waals surface area contributed by atoms with Crippen molar-refractivity contribution in [1.82, 2.24) is 9.88 Å². The Morgan fingerprint density at radius 3 is 2.75 bits per heavy atom. The van der Waals surface area contributed by atoms with Crippen molar-refractivity contribution in [3.63, 3.8) is 0 Å². The van der Waals surface area contributed by atoms with E-state index in [2.05, 4.69) is 27.0 Å². The lowest BCUT2D eigenvalue weighted by Crippen LogP contribution is -2.42. The second kappa shape index (κ2) is 7.13. The molecule has 3 rings (SSSR count). The maximum absolute atomic E-state index is 12.6. The van der Waals surface area contributed by atoms with Gasteiger partial charge in [0.15, 0.2) is 6.10 Å². The van der Waals surface area contributed by atoms with E-state index in [4.69, 9.17) is 4.74 Å². The topological polar surface area (TPSA) is 59.5 Å². The number of benzene rings is 1. The molecule has 1 aliphatic heterocycles. The summed E-state index contributed by atoms with van der Waals surface area (Å²) in [5.74, 6) is -0.733. The van der Waals surface area contributed by atoms with E-state index >= 15 is 0 Å². The Hall–Kier alpha value is -2.21. The van der Waals surface area contributed by atoms with Gasteiger partial charge in [0.25, 0.3) is 5.91 Å². The van der Waals surface area contributed by atoms with Gasteiger partial charge in [-0.25, -0.2) is 4.79 Å². The first kappa shape index (κ1) is 16.6. The van der Waals surface area contributed by atoms with Crippen LogP contribution in [-0.4, -0.2) is 34.4 Å². The molecule has 6 heteroatoms. The summed E-state index contributed by atoms with van der Waals surface area (Å²) in [5.41, 5.74) is 2.73. The van der Waals surface area contributed by atoms with Crippen LogP contribution in [0.5, 0.6) is 0 Å². The number of carbonyl (C=O) groups is 2. The number of ether oxygens (including phenoxy) is 1. The van der Waals surface area contributed by atoms with Gasteiger partial charge in [0.05, 0.1) is 5.56 Å². The third kappa shape index (κ3) is 3.64. The summed E-state index contributed by atoms with van der Waals surface area (Å²) in [4.78, 5) is 30.4. The Labute approximate surface area is 148 Å². The molecule has 0 bridgehead atoms. The van der Waals surface area contributed by atoms with E-state index in [9.17, 15) is 9.59 Å². The summed E-state index contributed by atoms with van der Waals surface area (Å²) < 4.78 is 5.99. The first-order valence-electron chi connectivity index (χ1n) is 7.71. The second-order valence-electron chi connectivity index (χ2n) is 5.72. The number of carbonyl (C=O) groups excluding carboxylic acids is 2. The molecule has 1 aromatic carbocycles. The van der Waals surface area contributed by atoms with E-state index in [-0.39, 0.29) is 5.91 Å². The molecule has 1 atom stereocenters. The normalized spacial score (nSPS) is 14.7. The number of esters is 1. The van der Waals surface area contributed by atoms with Gasteiger partial charge in [0, 0.05) is 30.0 Å². The molecule has 24 heavy (non-hydrogen) atoms. The Bertz CT molecular complexity index is 778. The quantitative estimate of drug-likeness (QED) is 0.758. The third-order valence-electron chi connectivity index (χ3n) is 4.01. The summed E-state index contributed by atoms with van der Waals surface area (Å²) >= 11 is 3.26. The van der Waals surface area contributed by atoms with Crippen LogP contribution >= 0.6 is 15.9 Å². The van der Waals surface area contributed by atoms with Gasteiger partial charge in [0.1, 0.15) is 0 Å². The smallest absolute Gasteiger partial charge is 0.340 e. The molecule has 2 aromatic rings. The minimum Gasteiger partial charge on any atom is -0.449 e. The van der Waals surface area contributed by atoms with E-state index in [1.807, 2.05) is 18.2 Å². The highest BCUT2D eigenvalue weighted by atomic mass is 79.9. The van der Waals surface area contributed by atoms with Gasteiger partial charge in [0.2, 0.25) is 0 Å². The number of hydrogen-bond donors (Lipinski definition) is 0. The van der Waals surface area contributed by atoms with Crippen molar-refractivity contribution in [1.29, 1.82) is 0 Å². The lowest BCUT2D eigenvalue weighted by Gasteiger charge is -2.30. The van der Waals surface area contributed by atoms with Crippen molar-refractivity contribution < 1.29 is 14.3 Å².